The molecular formula is C31H33NO7. The molecule has 1 aliphatic rings. The molecule has 2 amide bonds. The number of amides is 2. The maximum atomic E-state index is 13.7. The number of benzene rings is 3. The zero-order valence-electron chi connectivity index (χ0n) is 22.4. The Morgan fingerprint density at radius 3 is 2.10 bits per heavy atom. The summed E-state index contributed by atoms with van der Waals surface area (Å²) in [7, 11) is 3.07. The van der Waals surface area contributed by atoms with Crippen LogP contribution in [0.25, 0.3) is 0 Å². The summed E-state index contributed by atoms with van der Waals surface area (Å²) in [6.07, 6.45) is -0.704. The molecule has 0 aliphatic carbocycles. The highest BCUT2D eigenvalue weighted by Crippen LogP contribution is 2.35. The zero-order valence-corrected chi connectivity index (χ0v) is 22.4. The fourth-order valence-corrected chi connectivity index (χ4v) is 5.03. The lowest BCUT2D eigenvalue weighted by Crippen LogP contribution is -2.44. The van der Waals surface area contributed by atoms with Gasteiger partial charge in [-0.3, -0.25) is 9.59 Å². The van der Waals surface area contributed by atoms with Crippen LogP contribution >= 0.6 is 0 Å². The Kier molecular flexibility index (Phi) is 9.20. The van der Waals surface area contributed by atoms with Crippen LogP contribution in [0, 0.1) is 5.92 Å². The van der Waals surface area contributed by atoms with Crippen molar-refractivity contribution in [1.29, 1.82) is 0 Å². The topological polar surface area (TPSA) is 91.4 Å². The maximum Gasteiger partial charge on any atom is 0.417 e. The first-order valence-corrected chi connectivity index (χ1v) is 12.9. The van der Waals surface area contributed by atoms with E-state index in [1.54, 1.807) is 26.2 Å². The van der Waals surface area contributed by atoms with Gasteiger partial charge in [0.15, 0.2) is 11.5 Å². The van der Waals surface area contributed by atoms with Crippen molar-refractivity contribution >= 4 is 18.0 Å². The van der Waals surface area contributed by atoms with E-state index in [-0.39, 0.29) is 32.0 Å². The van der Waals surface area contributed by atoms with E-state index in [0.717, 1.165) is 16.7 Å². The number of carbonyl (C=O) groups excluding carboxylic acids is 3. The van der Waals surface area contributed by atoms with Crippen molar-refractivity contribution < 1.29 is 33.3 Å². The smallest absolute Gasteiger partial charge is 0.417 e. The number of carbonyl (C=O) groups is 3. The number of esters is 1. The van der Waals surface area contributed by atoms with Gasteiger partial charge in [0, 0.05) is 12.3 Å². The molecular weight excluding hydrogens is 498 g/mol. The molecule has 0 bridgehead atoms. The Balaban J connectivity index is 1.62. The summed E-state index contributed by atoms with van der Waals surface area (Å²) < 4.78 is 21.4. The van der Waals surface area contributed by atoms with Gasteiger partial charge >= 0.3 is 12.1 Å². The minimum atomic E-state index is -0.809. The largest absolute Gasteiger partial charge is 0.493 e. The fourth-order valence-electron chi connectivity index (χ4n) is 5.03. The van der Waals surface area contributed by atoms with Crippen molar-refractivity contribution in [2.75, 3.05) is 27.4 Å². The molecule has 0 aromatic heterocycles. The molecule has 0 N–H and O–H groups in total. The van der Waals surface area contributed by atoms with Gasteiger partial charge in [-0.25, -0.2) is 9.69 Å². The van der Waals surface area contributed by atoms with Crippen LogP contribution in [0.4, 0.5) is 4.79 Å². The van der Waals surface area contributed by atoms with Crippen molar-refractivity contribution in [3.8, 4) is 11.5 Å². The molecule has 39 heavy (non-hydrogen) atoms. The van der Waals surface area contributed by atoms with Crippen molar-refractivity contribution in [2.45, 2.75) is 31.7 Å². The van der Waals surface area contributed by atoms with Crippen LogP contribution in [0.1, 0.15) is 36.0 Å². The number of ether oxygens (including phenoxy) is 4. The van der Waals surface area contributed by atoms with Gasteiger partial charge in [-0.05, 0) is 42.2 Å². The number of rotatable bonds is 11. The maximum absolute atomic E-state index is 13.7. The normalized spacial score (nSPS) is 15.5. The van der Waals surface area contributed by atoms with Crippen LogP contribution in [0.15, 0.2) is 78.9 Å². The Morgan fingerprint density at radius 2 is 1.54 bits per heavy atom. The van der Waals surface area contributed by atoms with E-state index in [1.807, 2.05) is 66.7 Å². The number of cyclic esters (lactones) is 1. The molecule has 0 unspecified atom stereocenters. The molecule has 3 aromatic rings. The fraction of sp³-hybridized carbons (Fsp3) is 0.323. The third kappa shape index (κ3) is 6.39. The monoisotopic (exact) mass is 531 g/mol. The van der Waals surface area contributed by atoms with E-state index in [1.165, 1.54) is 12.0 Å². The van der Waals surface area contributed by atoms with E-state index in [2.05, 4.69) is 0 Å². The van der Waals surface area contributed by atoms with Gasteiger partial charge in [0.1, 0.15) is 6.61 Å². The van der Waals surface area contributed by atoms with Gasteiger partial charge in [0.2, 0.25) is 5.91 Å². The van der Waals surface area contributed by atoms with Crippen molar-refractivity contribution in [3.63, 3.8) is 0 Å². The first-order valence-electron chi connectivity index (χ1n) is 12.9. The Hall–Kier alpha value is -4.33. The highest BCUT2D eigenvalue weighted by Gasteiger charge is 2.44. The molecule has 2 atom stereocenters. The average molecular weight is 532 g/mol. The molecule has 1 heterocycles. The van der Waals surface area contributed by atoms with Gasteiger partial charge in [-0.1, -0.05) is 66.7 Å². The van der Waals surface area contributed by atoms with Crippen molar-refractivity contribution in [3.05, 3.63) is 95.6 Å². The third-order valence-corrected chi connectivity index (χ3v) is 6.85. The quantitative estimate of drug-likeness (QED) is 0.322. The predicted molar refractivity (Wildman–Crippen MR) is 145 cm³/mol. The molecule has 204 valence electrons. The minimum absolute atomic E-state index is 0.0543. The molecule has 4 rings (SSSR count). The van der Waals surface area contributed by atoms with E-state index < -0.39 is 29.9 Å². The van der Waals surface area contributed by atoms with E-state index in [0.29, 0.717) is 11.5 Å². The molecule has 1 saturated heterocycles. The standard InChI is InChI=1S/C31H33NO7/c1-4-38-30(34)24(17-21-15-16-26(36-2)27(18-21)37-3)19-28(33)32-25(20-39-31(32)35)29(22-11-7-5-8-12-22)23-13-9-6-10-14-23/h5-16,18,24-25,29H,4,17,19-20H2,1-3H3/t24-,25+/m1/s1. The molecule has 3 aromatic carbocycles. The second-order valence-corrected chi connectivity index (χ2v) is 9.25. The van der Waals surface area contributed by atoms with Gasteiger partial charge in [-0.2, -0.15) is 0 Å². The number of imide groups is 1. The lowest BCUT2D eigenvalue weighted by Gasteiger charge is -2.29. The first-order chi connectivity index (χ1) is 19.0. The number of hydrogen-bond acceptors (Lipinski definition) is 7. The number of hydrogen-bond donors (Lipinski definition) is 0. The summed E-state index contributed by atoms with van der Waals surface area (Å²) in [6, 6.07) is 24.2. The molecule has 0 saturated carbocycles. The van der Waals surface area contributed by atoms with E-state index in [9.17, 15) is 14.4 Å². The molecule has 8 heteroatoms. The van der Waals surface area contributed by atoms with Crippen LogP contribution < -0.4 is 9.47 Å². The van der Waals surface area contributed by atoms with Gasteiger partial charge in [0.05, 0.1) is 32.8 Å². The Morgan fingerprint density at radius 1 is 0.923 bits per heavy atom. The summed E-state index contributed by atoms with van der Waals surface area (Å²) in [4.78, 5) is 40.8. The van der Waals surface area contributed by atoms with Crippen LogP contribution in [0.3, 0.4) is 0 Å². The van der Waals surface area contributed by atoms with Crippen LogP contribution in [-0.4, -0.2) is 56.3 Å². The highest BCUT2D eigenvalue weighted by molar-refractivity contribution is 5.95. The third-order valence-electron chi connectivity index (χ3n) is 6.85. The summed E-state index contributed by atoms with van der Waals surface area (Å²) >= 11 is 0. The summed E-state index contributed by atoms with van der Waals surface area (Å²) in [5.74, 6) is -1.03. The van der Waals surface area contributed by atoms with Gasteiger partial charge in [-0.15, -0.1) is 0 Å². The molecule has 1 aliphatic heterocycles. The average Bonchev–Trinajstić information content (AvgIpc) is 3.34. The Bertz CT molecular complexity index is 1240. The lowest BCUT2D eigenvalue weighted by molar-refractivity contribution is -0.150. The van der Waals surface area contributed by atoms with Crippen LogP contribution in [0.5, 0.6) is 11.5 Å². The lowest BCUT2D eigenvalue weighted by atomic mass is 9.84. The summed E-state index contributed by atoms with van der Waals surface area (Å²) in [6.45, 7) is 1.94. The molecule has 1 fully saturated rings. The second-order valence-electron chi connectivity index (χ2n) is 9.25. The van der Waals surface area contributed by atoms with E-state index >= 15 is 0 Å². The van der Waals surface area contributed by atoms with Gasteiger partial charge < -0.3 is 18.9 Å². The van der Waals surface area contributed by atoms with Crippen molar-refractivity contribution in [1.82, 2.24) is 4.90 Å². The summed E-state index contributed by atoms with van der Waals surface area (Å²) in [5, 5.41) is 0. The van der Waals surface area contributed by atoms with Crippen LogP contribution in [0.2, 0.25) is 0 Å². The van der Waals surface area contributed by atoms with E-state index in [4.69, 9.17) is 18.9 Å². The predicted octanol–water partition coefficient (Wildman–Crippen LogP) is 5.00. The summed E-state index contributed by atoms with van der Waals surface area (Å²) in [5.41, 5.74) is 2.68. The SMILES string of the molecule is CCOC(=O)[C@@H](CC(=O)N1C(=O)OC[C@H]1C(c1ccccc1)c1ccccc1)Cc1ccc(OC)c(OC)c1. The Labute approximate surface area is 228 Å². The highest BCUT2D eigenvalue weighted by atomic mass is 16.6. The zero-order chi connectivity index (χ0) is 27.8. The first kappa shape index (κ1) is 27.7. The van der Waals surface area contributed by atoms with Gasteiger partial charge in [0.25, 0.3) is 0 Å². The molecule has 8 nitrogen and oxygen atoms in total. The molecule has 0 radical (unpaired) electrons. The number of nitrogens with zero attached hydrogens (tertiary/aromatic N) is 1. The number of methoxy groups -OCH3 is 2. The van der Waals surface area contributed by atoms with Crippen LogP contribution in [-0.2, 0) is 25.5 Å². The second kappa shape index (κ2) is 13.0. The minimum Gasteiger partial charge on any atom is -0.493 e. The van der Waals surface area contributed by atoms with Crippen molar-refractivity contribution in [2.24, 2.45) is 5.92 Å². The molecule has 0 spiro atoms.